The van der Waals surface area contributed by atoms with Crippen LogP contribution in [0.25, 0.3) is 0 Å². The summed E-state index contributed by atoms with van der Waals surface area (Å²) in [5, 5.41) is 2.27. The summed E-state index contributed by atoms with van der Waals surface area (Å²) in [4.78, 5) is 12.1. The van der Waals surface area contributed by atoms with Crippen molar-refractivity contribution in [3.8, 4) is 0 Å². The second-order valence-electron chi connectivity index (χ2n) is 4.15. The summed E-state index contributed by atoms with van der Waals surface area (Å²) in [6.07, 6.45) is 0. The molecular formula is C14H9F3N2OS. The fourth-order valence-electron chi connectivity index (χ4n) is 1.62. The molecule has 1 amide bonds. The van der Waals surface area contributed by atoms with Gasteiger partial charge in [0.2, 0.25) is 0 Å². The van der Waals surface area contributed by atoms with Crippen LogP contribution in [0, 0.1) is 17.5 Å². The zero-order valence-electron chi connectivity index (χ0n) is 10.5. The van der Waals surface area contributed by atoms with Crippen LogP contribution in [-0.4, -0.2) is 10.9 Å². The number of anilines is 1. The van der Waals surface area contributed by atoms with Gasteiger partial charge in [-0.3, -0.25) is 4.79 Å². The molecule has 0 aromatic heterocycles. The van der Waals surface area contributed by atoms with Gasteiger partial charge in [-0.05, 0) is 12.1 Å². The Morgan fingerprint density at radius 2 is 1.48 bits per heavy atom. The Labute approximate surface area is 123 Å². The minimum atomic E-state index is -1.59. The highest BCUT2D eigenvalue weighted by molar-refractivity contribution is 7.80. The van der Waals surface area contributed by atoms with Crippen LogP contribution in [0.3, 0.4) is 0 Å². The normalized spacial score (nSPS) is 10.2. The highest BCUT2D eigenvalue weighted by Crippen LogP contribution is 2.18. The van der Waals surface area contributed by atoms with E-state index in [1.165, 1.54) is 12.1 Å². The third kappa shape index (κ3) is 3.38. The van der Waals surface area contributed by atoms with Gasteiger partial charge < -0.3 is 11.1 Å². The number of carbonyl (C=O) groups excluding carboxylic acids is 1. The van der Waals surface area contributed by atoms with Crippen molar-refractivity contribution in [3.63, 3.8) is 0 Å². The number of benzene rings is 2. The number of hydrogen-bond acceptors (Lipinski definition) is 2. The van der Waals surface area contributed by atoms with E-state index in [9.17, 15) is 18.0 Å². The average Bonchev–Trinajstić information content (AvgIpc) is 2.44. The van der Waals surface area contributed by atoms with E-state index >= 15 is 0 Å². The van der Waals surface area contributed by atoms with E-state index in [-0.39, 0.29) is 16.2 Å². The maximum Gasteiger partial charge on any atom is 0.255 e. The van der Waals surface area contributed by atoms with Crippen LogP contribution in [0.15, 0.2) is 36.4 Å². The quantitative estimate of drug-likeness (QED) is 0.677. The second kappa shape index (κ2) is 5.92. The number of thiocarbonyl (C=S) groups is 1. The first kappa shape index (κ1) is 15.0. The Hall–Kier alpha value is -2.41. The summed E-state index contributed by atoms with van der Waals surface area (Å²) in [6, 6.07) is 7.39. The molecule has 0 heterocycles. The van der Waals surface area contributed by atoms with Gasteiger partial charge in [0.1, 0.15) is 4.99 Å². The molecule has 0 fully saturated rings. The predicted molar refractivity (Wildman–Crippen MR) is 76.6 cm³/mol. The van der Waals surface area contributed by atoms with E-state index in [1.54, 1.807) is 12.1 Å². The molecule has 0 unspecified atom stereocenters. The van der Waals surface area contributed by atoms with Gasteiger partial charge in [-0.25, -0.2) is 13.2 Å². The highest BCUT2D eigenvalue weighted by Gasteiger charge is 2.13. The molecule has 7 heteroatoms. The molecule has 0 atom stereocenters. The summed E-state index contributed by atoms with van der Waals surface area (Å²) in [5.74, 6) is -4.95. The Balaban J connectivity index is 2.20. The van der Waals surface area contributed by atoms with E-state index in [0.29, 0.717) is 17.7 Å². The van der Waals surface area contributed by atoms with Crippen LogP contribution < -0.4 is 11.1 Å². The lowest BCUT2D eigenvalue weighted by molar-refractivity contribution is 0.102. The van der Waals surface area contributed by atoms with Gasteiger partial charge in [0, 0.05) is 28.9 Å². The zero-order chi connectivity index (χ0) is 15.6. The average molecular weight is 310 g/mol. The highest BCUT2D eigenvalue weighted by atomic mass is 32.1. The van der Waals surface area contributed by atoms with Crippen molar-refractivity contribution >= 4 is 28.8 Å². The first-order chi connectivity index (χ1) is 9.88. The molecule has 0 bridgehead atoms. The van der Waals surface area contributed by atoms with Crippen molar-refractivity contribution in [2.75, 3.05) is 5.32 Å². The second-order valence-corrected chi connectivity index (χ2v) is 4.59. The fraction of sp³-hybridized carbons (Fsp3) is 0. The van der Waals surface area contributed by atoms with E-state index in [0.717, 1.165) is 0 Å². The summed E-state index contributed by atoms with van der Waals surface area (Å²) < 4.78 is 38.9. The summed E-state index contributed by atoms with van der Waals surface area (Å²) >= 11 is 4.78. The van der Waals surface area contributed by atoms with E-state index < -0.39 is 23.4 Å². The number of halogens is 3. The van der Waals surface area contributed by atoms with E-state index in [2.05, 4.69) is 5.32 Å². The molecule has 2 rings (SSSR count). The number of amides is 1. The maximum atomic E-state index is 13.0. The maximum absolute atomic E-state index is 13.0. The third-order valence-electron chi connectivity index (χ3n) is 2.67. The molecule has 0 aliphatic heterocycles. The van der Waals surface area contributed by atoms with Crippen LogP contribution in [0.1, 0.15) is 15.9 Å². The molecule has 3 nitrogen and oxygen atoms in total. The summed E-state index contributed by atoms with van der Waals surface area (Å²) in [6.45, 7) is 0. The van der Waals surface area contributed by atoms with E-state index in [4.69, 9.17) is 18.0 Å². The molecular weight excluding hydrogens is 301 g/mol. The smallest absolute Gasteiger partial charge is 0.255 e. The van der Waals surface area contributed by atoms with Gasteiger partial charge in [0.05, 0.1) is 0 Å². The molecule has 0 aliphatic rings. The topological polar surface area (TPSA) is 55.1 Å². The minimum Gasteiger partial charge on any atom is -0.389 e. The fourth-order valence-corrected chi connectivity index (χ4v) is 1.75. The molecule has 0 spiro atoms. The Bertz CT molecular complexity index is 694. The number of hydrogen-bond donors (Lipinski definition) is 2. The van der Waals surface area contributed by atoms with Crippen molar-refractivity contribution in [2.45, 2.75) is 0 Å². The van der Waals surface area contributed by atoms with Gasteiger partial charge >= 0.3 is 0 Å². The number of nitrogens with two attached hydrogens (primary N) is 1. The Morgan fingerprint density at radius 1 is 1.00 bits per heavy atom. The lowest BCUT2D eigenvalue weighted by Gasteiger charge is -2.07. The van der Waals surface area contributed by atoms with Crippen molar-refractivity contribution < 1.29 is 18.0 Å². The van der Waals surface area contributed by atoms with Gasteiger partial charge in [-0.15, -0.1) is 0 Å². The van der Waals surface area contributed by atoms with Crippen LogP contribution in [0.4, 0.5) is 18.9 Å². The summed E-state index contributed by atoms with van der Waals surface area (Å²) in [5.41, 5.74) is 6.06. The molecule has 0 saturated carbocycles. The van der Waals surface area contributed by atoms with Crippen LogP contribution in [-0.2, 0) is 0 Å². The van der Waals surface area contributed by atoms with Crippen molar-refractivity contribution in [3.05, 3.63) is 65.0 Å². The third-order valence-corrected chi connectivity index (χ3v) is 2.91. The molecule has 21 heavy (non-hydrogen) atoms. The predicted octanol–water partition coefficient (Wildman–Crippen LogP) is 2.99. The molecule has 0 aliphatic carbocycles. The standard InChI is InChI=1S/C14H9F3N2OS/c15-10-5-9(6-11(16)12(10)17)19-14(20)8-3-1-7(2-4-8)13(18)21/h1-6H,(H2,18,21)(H,19,20). The molecule has 3 N–H and O–H groups in total. The molecule has 0 radical (unpaired) electrons. The first-order valence-electron chi connectivity index (χ1n) is 5.74. The van der Waals surface area contributed by atoms with Crippen LogP contribution >= 0.6 is 12.2 Å². The number of nitrogens with one attached hydrogen (secondary N) is 1. The van der Waals surface area contributed by atoms with Gasteiger partial charge in [-0.2, -0.15) is 0 Å². The largest absolute Gasteiger partial charge is 0.389 e. The molecule has 108 valence electrons. The molecule has 2 aromatic rings. The Kier molecular flexibility index (Phi) is 4.23. The van der Waals surface area contributed by atoms with Crippen molar-refractivity contribution in [1.82, 2.24) is 0 Å². The van der Waals surface area contributed by atoms with Crippen molar-refractivity contribution in [2.24, 2.45) is 5.73 Å². The zero-order valence-corrected chi connectivity index (χ0v) is 11.3. The van der Waals surface area contributed by atoms with E-state index in [1.807, 2.05) is 0 Å². The monoisotopic (exact) mass is 310 g/mol. The SMILES string of the molecule is NC(=S)c1ccc(C(=O)Nc2cc(F)c(F)c(F)c2)cc1. The van der Waals surface area contributed by atoms with Gasteiger partial charge in [0.25, 0.3) is 5.91 Å². The lowest BCUT2D eigenvalue weighted by atomic mass is 10.1. The van der Waals surface area contributed by atoms with Crippen molar-refractivity contribution in [1.29, 1.82) is 0 Å². The first-order valence-corrected chi connectivity index (χ1v) is 6.15. The van der Waals surface area contributed by atoms with Crippen LogP contribution in [0.2, 0.25) is 0 Å². The minimum absolute atomic E-state index is 0.185. The number of rotatable bonds is 3. The van der Waals surface area contributed by atoms with Gasteiger partial charge in [-0.1, -0.05) is 24.4 Å². The molecule has 0 saturated heterocycles. The summed E-state index contributed by atoms with van der Waals surface area (Å²) in [7, 11) is 0. The number of carbonyl (C=O) groups is 1. The van der Waals surface area contributed by atoms with Crippen LogP contribution in [0.5, 0.6) is 0 Å². The lowest BCUT2D eigenvalue weighted by Crippen LogP contribution is -2.14. The Morgan fingerprint density at radius 3 is 1.95 bits per heavy atom. The van der Waals surface area contributed by atoms with Gasteiger partial charge in [0.15, 0.2) is 17.5 Å². The molecule has 2 aromatic carbocycles.